The summed E-state index contributed by atoms with van der Waals surface area (Å²) in [5.41, 5.74) is 5.26. The molecular weight excluding hydrogens is 492 g/mol. The average Bonchev–Trinajstić information content (AvgIpc) is 3.38. The van der Waals surface area contributed by atoms with Gasteiger partial charge >= 0.3 is 0 Å². The molecule has 1 aliphatic heterocycles. The molecule has 3 aromatic carbocycles. The van der Waals surface area contributed by atoms with Gasteiger partial charge in [-0.2, -0.15) is 5.10 Å². The van der Waals surface area contributed by atoms with Crippen molar-refractivity contribution >= 4 is 41.4 Å². The number of hydrazone groups is 1. The Balaban J connectivity index is 1.54. The summed E-state index contributed by atoms with van der Waals surface area (Å²) in [6, 6.07) is 19.7. The van der Waals surface area contributed by atoms with Crippen LogP contribution < -0.4 is 25.1 Å². The molecule has 0 aromatic heterocycles. The molecule has 8 nitrogen and oxygen atoms in total. The smallest absolute Gasteiger partial charge is 0.287 e. The fraction of sp³-hybridized carbons (Fsp3) is 0.179. The molecule has 0 unspecified atom stereocenters. The molecule has 3 aromatic rings. The quantitative estimate of drug-likeness (QED) is 0.240. The van der Waals surface area contributed by atoms with E-state index < -0.39 is 11.8 Å². The summed E-state index contributed by atoms with van der Waals surface area (Å²) >= 11 is 6.18. The zero-order valence-corrected chi connectivity index (χ0v) is 21.3. The number of hydrogen-bond acceptors (Lipinski definition) is 6. The first kappa shape index (κ1) is 25.8. The Hall–Kier alpha value is -4.30. The van der Waals surface area contributed by atoms with Crippen LogP contribution in [0, 0.1) is 0 Å². The summed E-state index contributed by atoms with van der Waals surface area (Å²) in [5, 5.41) is 6.99. The van der Waals surface area contributed by atoms with E-state index in [2.05, 4.69) is 34.6 Å². The number of amides is 2. The minimum Gasteiger partial charge on any atom is -0.454 e. The first-order chi connectivity index (χ1) is 18.0. The molecule has 0 radical (unpaired) electrons. The third-order valence-electron chi connectivity index (χ3n) is 5.72. The number of nitrogens with one attached hydrogen (secondary N) is 2. The first-order valence-electron chi connectivity index (χ1n) is 11.8. The number of ether oxygens (including phenoxy) is 2. The monoisotopic (exact) mass is 518 g/mol. The molecular formula is C28H27ClN4O4. The maximum Gasteiger partial charge on any atom is 0.287 e. The lowest BCUT2D eigenvalue weighted by Crippen LogP contribution is -2.33. The van der Waals surface area contributed by atoms with Gasteiger partial charge in [-0.15, -0.1) is 0 Å². The molecule has 1 heterocycles. The van der Waals surface area contributed by atoms with Gasteiger partial charge in [0, 0.05) is 18.8 Å². The van der Waals surface area contributed by atoms with Gasteiger partial charge in [0.25, 0.3) is 11.8 Å². The first-order valence-corrected chi connectivity index (χ1v) is 12.2. The number of benzene rings is 3. The van der Waals surface area contributed by atoms with Gasteiger partial charge in [0.1, 0.15) is 5.70 Å². The highest BCUT2D eigenvalue weighted by Crippen LogP contribution is 2.32. The Labute approximate surface area is 220 Å². The summed E-state index contributed by atoms with van der Waals surface area (Å²) in [6.45, 7) is 6.12. The van der Waals surface area contributed by atoms with Gasteiger partial charge < -0.3 is 19.7 Å². The van der Waals surface area contributed by atoms with Crippen molar-refractivity contribution in [1.29, 1.82) is 0 Å². The van der Waals surface area contributed by atoms with E-state index in [-0.39, 0.29) is 23.1 Å². The molecule has 2 amide bonds. The lowest BCUT2D eigenvalue weighted by Gasteiger charge is -2.21. The van der Waals surface area contributed by atoms with Crippen molar-refractivity contribution < 1.29 is 19.1 Å². The number of hydrogen-bond donors (Lipinski definition) is 2. The van der Waals surface area contributed by atoms with Crippen molar-refractivity contribution in [1.82, 2.24) is 10.7 Å². The summed E-state index contributed by atoms with van der Waals surface area (Å²) < 4.78 is 10.7. The predicted molar refractivity (Wildman–Crippen MR) is 145 cm³/mol. The fourth-order valence-electron chi connectivity index (χ4n) is 3.75. The normalized spacial score (nSPS) is 12.5. The van der Waals surface area contributed by atoms with Gasteiger partial charge in [-0.25, -0.2) is 5.43 Å². The van der Waals surface area contributed by atoms with Crippen LogP contribution in [0.5, 0.6) is 11.5 Å². The fourth-order valence-corrected chi connectivity index (χ4v) is 3.97. The summed E-state index contributed by atoms with van der Waals surface area (Å²) in [5.74, 6) is 0.161. The number of carbonyl (C=O) groups is 2. The Morgan fingerprint density at radius 2 is 1.68 bits per heavy atom. The van der Waals surface area contributed by atoms with Crippen LogP contribution in [0.3, 0.4) is 0 Å². The predicted octanol–water partition coefficient (Wildman–Crippen LogP) is 4.84. The van der Waals surface area contributed by atoms with Crippen LogP contribution in [0.4, 0.5) is 5.69 Å². The zero-order valence-electron chi connectivity index (χ0n) is 20.5. The van der Waals surface area contributed by atoms with Crippen LogP contribution in [0.25, 0.3) is 6.08 Å². The molecule has 0 aliphatic carbocycles. The van der Waals surface area contributed by atoms with Crippen molar-refractivity contribution in [3.8, 4) is 11.5 Å². The van der Waals surface area contributed by atoms with Crippen molar-refractivity contribution in [2.45, 2.75) is 13.8 Å². The molecule has 0 spiro atoms. The number of rotatable bonds is 9. The molecule has 0 fully saturated rings. The number of halogens is 1. The topological polar surface area (TPSA) is 92.3 Å². The maximum absolute atomic E-state index is 13.1. The van der Waals surface area contributed by atoms with Gasteiger partial charge in [0.05, 0.1) is 16.8 Å². The Morgan fingerprint density at radius 1 is 0.973 bits per heavy atom. The minimum atomic E-state index is -0.592. The van der Waals surface area contributed by atoms with Gasteiger partial charge in [0.2, 0.25) is 6.79 Å². The highest BCUT2D eigenvalue weighted by Gasteiger charge is 2.17. The number of fused-ring (bicyclic) bond motifs is 1. The van der Waals surface area contributed by atoms with Crippen LogP contribution in [0.1, 0.15) is 35.3 Å². The molecule has 1 aliphatic rings. The van der Waals surface area contributed by atoms with Crippen LogP contribution in [-0.2, 0) is 4.79 Å². The summed E-state index contributed by atoms with van der Waals surface area (Å²) in [7, 11) is 0. The minimum absolute atomic E-state index is 0.0170. The Morgan fingerprint density at radius 3 is 2.41 bits per heavy atom. The van der Waals surface area contributed by atoms with Crippen LogP contribution in [-0.4, -0.2) is 37.9 Å². The molecule has 0 bridgehead atoms. The highest BCUT2D eigenvalue weighted by atomic mass is 35.5. The lowest BCUT2D eigenvalue weighted by molar-refractivity contribution is -0.117. The molecule has 9 heteroatoms. The number of carbonyl (C=O) groups excluding carboxylic acids is 2. The van der Waals surface area contributed by atoms with E-state index >= 15 is 0 Å². The molecule has 4 rings (SSSR count). The Kier molecular flexibility index (Phi) is 8.43. The second kappa shape index (κ2) is 12.1. The summed E-state index contributed by atoms with van der Waals surface area (Å²) in [6.07, 6.45) is 3.07. The highest BCUT2D eigenvalue weighted by molar-refractivity contribution is 6.34. The van der Waals surface area contributed by atoms with E-state index in [1.807, 2.05) is 24.3 Å². The zero-order chi connectivity index (χ0) is 26.2. The van der Waals surface area contributed by atoms with Crippen LogP contribution >= 0.6 is 11.6 Å². The van der Waals surface area contributed by atoms with Crippen LogP contribution in [0.2, 0.25) is 5.02 Å². The van der Waals surface area contributed by atoms with E-state index in [1.54, 1.807) is 48.5 Å². The number of anilines is 1. The third-order valence-corrected chi connectivity index (χ3v) is 6.05. The van der Waals surface area contributed by atoms with Crippen molar-refractivity contribution in [3.05, 3.63) is 94.1 Å². The molecule has 0 saturated heterocycles. The van der Waals surface area contributed by atoms with Gasteiger partial charge in [-0.1, -0.05) is 35.9 Å². The summed E-state index contributed by atoms with van der Waals surface area (Å²) in [4.78, 5) is 28.2. The largest absolute Gasteiger partial charge is 0.454 e. The second-order valence-electron chi connectivity index (χ2n) is 8.07. The van der Waals surface area contributed by atoms with E-state index in [1.165, 1.54) is 6.21 Å². The second-order valence-corrected chi connectivity index (χ2v) is 8.47. The Bertz CT molecular complexity index is 1330. The van der Waals surface area contributed by atoms with E-state index in [0.717, 1.165) is 24.3 Å². The number of nitrogens with zero attached hydrogens (tertiary/aromatic N) is 2. The maximum atomic E-state index is 13.1. The van der Waals surface area contributed by atoms with Gasteiger partial charge in [0.15, 0.2) is 11.5 Å². The molecule has 2 N–H and O–H groups in total. The van der Waals surface area contributed by atoms with Crippen molar-refractivity contribution in [2.75, 3.05) is 24.8 Å². The van der Waals surface area contributed by atoms with E-state index in [0.29, 0.717) is 17.1 Å². The SMILES string of the molecule is CCN(CC)c1ccc(/C=C(/NC(=O)c2ccccc2Cl)C(=O)N/N=C/c2ccc3c(c2)OCO3)cc1. The van der Waals surface area contributed by atoms with E-state index in [9.17, 15) is 9.59 Å². The van der Waals surface area contributed by atoms with Gasteiger partial charge in [-0.05, 0) is 73.5 Å². The average molecular weight is 519 g/mol. The molecule has 0 atom stereocenters. The van der Waals surface area contributed by atoms with Crippen molar-refractivity contribution in [3.63, 3.8) is 0 Å². The van der Waals surface area contributed by atoms with Crippen molar-refractivity contribution in [2.24, 2.45) is 5.10 Å². The van der Waals surface area contributed by atoms with Crippen LogP contribution in [0.15, 0.2) is 77.5 Å². The third kappa shape index (κ3) is 6.48. The molecule has 0 saturated carbocycles. The lowest BCUT2D eigenvalue weighted by atomic mass is 10.1. The van der Waals surface area contributed by atoms with E-state index in [4.69, 9.17) is 21.1 Å². The molecule has 190 valence electrons. The molecule has 37 heavy (non-hydrogen) atoms. The standard InChI is InChI=1S/C28H27ClN4O4/c1-3-33(4-2)21-12-9-19(10-13-21)15-24(31-27(34)22-7-5-6-8-23(22)29)28(35)32-30-17-20-11-14-25-26(16-20)37-18-36-25/h5-17H,3-4,18H2,1-2H3,(H,31,34)(H,32,35)/b24-15+,30-17+. The van der Waals surface area contributed by atoms with Gasteiger partial charge in [-0.3, -0.25) is 9.59 Å².